The highest BCUT2D eigenvalue weighted by molar-refractivity contribution is 5.94. The first-order chi connectivity index (χ1) is 12.8. The van der Waals surface area contributed by atoms with Gasteiger partial charge in [0.05, 0.1) is 11.9 Å². The van der Waals surface area contributed by atoms with E-state index < -0.39 is 23.4 Å². The van der Waals surface area contributed by atoms with Gasteiger partial charge in [0.1, 0.15) is 5.56 Å². The van der Waals surface area contributed by atoms with Crippen LogP contribution < -0.4 is 5.32 Å². The molecule has 1 amide bonds. The van der Waals surface area contributed by atoms with Crippen LogP contribution >= 0.6 is 0 Å². The number of carboxylic acids is 1. The van der Waals surface area contributed by atoms with Gasteiger partial charge in [0, 0.05) is 11.6 Å². The molecule has 142 valence electrons. The van der Waals surface area contributed by atoms with Crippen molar-refractivity contribution in [3.8, 4) is 5.69 Å². The molecular formula is C18H16F3N3O3. The summed E-state index contributed by atoms with van der Waals surface area (Å²) in [4.78, 5) is 23.3. The highest BCUT2D eigenvalue weighted by Crippen LogP contribution is 2.33. The number of amides is 1. The number of halogens is 3. The van der Waals surface area contributed by atoms with Gasteiger partial charge in [0.2, 0.25) is 0 Å². The van der Waals surface area contributed by atoms with Crippen molar-refractivity contribution in [3.05, 3.63) is 59.4 Å². The molecule has 0 saturated heterocycles. The molecule has 0 bridgehead atoms. The fourth-order valence-electron chi connectivity index (χ4n) is 2.92. The van der Waals surface area contributed by atoms with E-state index in [1.807, 2.05) is 12.2 Å². The van der Waals surface area contributed by atoms with Crippen LogP contribution in [-0.2, 0) is 6.18 Å². The summed E-state index contributed by atoms with van der Waals surface area (Å²) < 4.78 is 40.3. The lowest BCUT2D eigenvalue weighted by atomic mass is 10.0. The lowest BCUT2D eigenvalue weighted by Gasteiger charge is -2.19. The van der Waals surface area contributed by atoms with Crippen LogP contribution in [0.3, 0.4) is 0 Å². The van der Waals surface area contributed by atoms with Crippen LogP contribution in [0.1, 0.15) is 45.7 Å². The predicted octanol–water partition coefficient (Wildman–Crippen LogP) is 3.43. The summed E-state index contributed by atoms with van der Waals surface area (Å²) in [5, 5.41) is 15.4. The zero-order valence-electron chi connectivity index (χ0n) is 14.0. The molecule has 2 aromatic rings. The van der Waals surface area contributed by atoms with Crippen LogP contribution in [0.2, 0.25) is 0 Å². The highest BCUT2D eigenvalue weighted by Gasteiger charge is 2.40. The van der Waals surface area contributed by atoms with Crippen LogP contribution in [0, 0.1) is 0 Å². The maximum Gasteiger partial charge on any atom is 0.434 e. The molecule has 2 N–H and O–H groups in total. The number of nitrogens with one attached hydrogen (secondary N) is 1. The lowest BCUT2D eigenvalue weighted by Crippen LogP contribution is -2.35. The van der Waals surface area contributed by atoms with Crippen molar-refractivity contribution < 1.29 is 27.9 Å². The fraction of sp³-hybridized carbons (Fsp3) is 0.278. The number of alkyl halides is 3. The van der Waals surface area contributed by atoms with E-state index in [1.54, 1.807) is 0 Å². The number of aromatic carboxylic acids is 1. The topological polar surface area (TPSA) is 84.2 Å². The van der Waals surface area contributed by atoms with Gasteiger partial charge in [0.25, 0.3) is 5.91 Å². The van der Waals surface area contributed by atoms with Crippen molar-refractivity contribution >= 4 is 11.9 Å². The first-order valence-corrected chi connectivity index (χ1v) is 8.22. The van der Waals surface area contributed by atoms with Crippen LogP contribution in [0.25, 0.3) is 5.69 Å². The Labute approximate surface area is 152 Å². The molecule has 6 nitrogen and oxygen atoms in total. The van der Waals surface area contributed by atoms with Crippen LogP contribution in [-0.4, -0.2) is 32.8 Å². The molecule has 0 radical (unpaired) electrons. The molecule has 1 aliphatic carbocycles. The lowest BCUT2D eigenvalue weighted by molar-refractivity contribution is -0.143. The fourth-order valence-corrected chi connectivity index (χ4v) is 2.92. The first-order valence-electron chi connectivity index (χ1n) is 8.22. The third-order valence-corrected chi connectivity index (χ3v) is 4.25. The van der Waals surface area contributed by atoms with Crippen molar-refractivity contribution in [3.63, 3.8) is 0 Å². The number of carboxylic acid groups (broad SMARTS) is 1. The third-order valence-electron chi connectivity index (χ3n) is 4.25. The van der Waals surface area contributed by atoms with Crippen molar-refractivity contribution in [1.82, 2.24) is 15.1 Å². The average Bonchev–Trinajstić information content (AvgIpc) is 3.08. The van der Waals surface area contributed by atoms with E-state index in [-0.39, 0.29) is 17.6 Å². The summed E-state index contributed by atoms with van der Waals surface area (Å²) in [7, 11) is 0. The number of carbonyl (C=O) groups excluding carboxylic acids is 1. The van der Waals surface area contributed by atoms with Crippen molar-refractivity contribution in [2.24, 2.45) is 0 Å². The zero-order chi connectivity index (χ0) is 19.6. The standard InChI is InChI=1S/C18H16F3N3O3/c19-18(20,21)15-14(17(26)27)10-22-24(15)13-8-6-11(7-9-13)16(25)23-12-4-2-1-3-5-12/h1-2,6-10,12H,3-5H2,(H,23,25)(H,26,27). The molecule has 1 aromatic heterocycles. The number of allylic oxidation sites excluding steroid dienone is 1. The summed E-state index contributed by atoms with van der Waals surface area (Å²) in [5.74, 6) is -2.03. The zero-order valence-corrected chi connectivity index (χ0v) is 14.0. The van der Waals surface area contributed by atoms with Crippen LogP contribution in [0.15, 0.2) is 42.6 Å². The van der Waals surface area contributed by atoms with Gasteiger partial charge in [-0.3, -0.25) is 4.79 Å². The van der Waals surface area contributed by atoms with E-state index in [1.165, 1.54) is 24.3 Å². The highest BCUT2D eigenvalue weighted by atomic mass is 19.4. The molecule has 1 aromatic carbocycles. The maximum atomic E-state index is 13.3. The van der Waals surface area contributed by atoms with E-state index in [9.17, 15) is 22.8 Å². The number of aromatic nitrogens is 2. The number of carbonyl (C=O) groups is 2. The number of nitrogens with zero attached hydrogens (tertiary/aromatic N) is 2. The molecule has 0 fully saturated rings. The van der Waals surface area contributed by atoms with E-state index in [2.05, 4.69) is 10.4 Å². The van der Waals surface area contributed by atoms with E-state index in [4.69, 9.17) is 5.11 Å². The summed E-state index contributed by atoms with van der Waals surface area (Å²) in [5.41, 5.74) is -2.00. The molecular weight excluding hydrogens is 363 g/mol. The number of hydrogen-bond acceptors (Lipinski definition) is 3. The van der Waals surface area contributed by atoms with Gasteiger partial charge in [-0.1, -0.05) is 12.2 Å². The minimum absolute atomic E-state index is 0.00646. The SMILES string of the molecule is O=C(NC1CC=CCC1)c1ccc(-n2ncc(C(=O)O)c2C(F)(F)F)cc1. The second kappa shape index (κ2) is 7.26. The maximum absolute atomic E-state index is 13.3. The van der Waals surface area contributed by atoms with E-state index >= 15 is 0 Å². The molecule has 1 unspecified atom stereocenters. The van der Waals surface area contributed by atoms with Gasteiger partial charge in [-0.2, -0.15) is 18.3 Å². The molecule has 0 aliphatic heterocycles. The normalized spacial score (nSPS) is 16.9. The minimum atomic E-state index is -4.89. The van der Waals surface area contributed by atoms with Crippen molar-refractivity contribution in [1.29, 1.82) is 0 Å². The summed E-state index contributed by atoms with van der Waals surface area (Å²) in [6, 6.07) is 5.38. The Morgan fingerprint density at radius 1 is 1.19 bits per heavy atom. The third kappa shape index (κ3) is 4.02. The molecule has 0 spiro atoms. The van der Waals surface area contributed by atoms with Crippen LogP contribution in [0.5, 0.6) is 0 Å². The summed E-state index contributed by atoms with van der Waals surface area (Å²) >= 11 is 0. The Bertz CT molecular complexity index is 885. The van der Waals surface area contributed by atoms with E-state index in [0.717, 1.165) is 19.3 Å². The summed E-state index contributed by atoms with van der Waals surface area (Å²) in [6.07, 6.45) is 2.26. The van der Waals surface area contributed by atoms with E-state index in [0.29, 0.717) is 16.4 Å². The number of rotatable bonds is 4. The van der Waals surface area contributed by atoms with Crippen LogP contribution in [0.4, 0.5) is 13.2 Å². The Morgan fingerprint density at radius 3 is 2.44 bits per heavy atom. The van der Waals surface area contributed by atoms with Gasteiger partial charge < -0.3 is 10.4 Å². The summed E-state index contributed by atoms with van der Waals surface area (Å²) in [6.45, 7) is 0. The van der Waals surface area contributed by atoms with Crippen molar-refractivity contribution in [2.45, 2.75) is 31.5 Å². The average molecular weight is 379 g/mol. The second-order valence-electron chi connectivity index (χ2n) is 6.12. The molecule has 9 heteroatoms. The molecule has 1 heterocycles. The molecule has 1 atom stereocenters. The first kappa shape index (κ1) is 18.7. The Hall–Kier alpha value is -3.10. The molecule has 1 aliphatic rings. The molecule has 27 heavy (non-hydrogen) atoms. The predicted molar refractivity (Wildman–Crippen MR) is 89.8 cm³/mol. The largest absolute Gasteiger partial charge is 0.478 e. The van der Waals surface area contributed by atoms with Crippen molar-refractivity contribution in [2.75, 3.05) is 0 Å². The van der Waals surface area contributed by atoms with Gasteiger partial charge in [0.15, 0.2) is 5.69 Å². The Morgan fingerprint density at radius 2 is 1.89 bits per heavy atom. The number of benzene rings is 1. The molecule has 0 saturated carbocycles. The minimum Gasteiger partial charge on any atom is -0.478 e. The second-order valence-corrected chi connectivity index (χ2v) is 6.12. The smallest absolute Gasteiger partial charge is 0.434 e. The Balaban J connectivity index is 1.84. The Kier molecular flexibility index (Phi) is 5.02. The quantitative estimate of drug-likeness (QED) is 0.798. The van der Waals surface area contributed by atoms with Gasteiger partial charge in [-0.05, 0) is 43.5 Å². The van der Waals surface area contributed by atoms with Gasteiger partial charge in [-0.25, -0.2) is 9.48 Å². The van der Waals surface area contributed by atoms with Gasteiger partial charge >= 0.3 is 12.1 Å². The van der Waals surface area contributed by atoms with Gasteiger partial charge in [-0.15, -0.1) is 0 Å². The monoisotopic (exact) mass is 379 g/mol. The molecule has 3 rings (SSSR count). The number of hydrogen-bond donors (Lipinski definition) is 2.